The number of sulfonamides is 2. The summed E-state index contributed by atoms with van der Waals surface area (Å²) in [5.74, 6) is 0.779. The smallest absolute Gasteiger partial charge is 0.261 e. The molecule has 0 unspecified atom stereocenters. The second-order valence-electron chi connectivity index (χ2n) is 7.58. The van der Waals surface area contributed by atoms with E-state index in [1.807, 2.05) is 13.0 Å². The number of nitrogens with one attached hydrogen (secondary N) is 1. The van der Waals surface area contributed by atoms with Crippen molar-refractivity contribution < 1.29 is 21.6 Å². The maximum absolute atomic E-state index is 12.9. The van der Waals surface area contributed by atoms with Crippen molar-refractivity contribution in [2.45, 2.75) is 45.1 Å². The summed E-state index contributed by atoms with van der Waals surface area (Å²) in [6.45, 7) is 6.15. The van der Waals surface area contributed by atoms with Crippen molar-refractivity contribution in [1.29, 1.82) is 0 Å². The minimum Gasteiger partial charge on any atom is -0.496 e. The van der Waals surface area contributed by atoms with Crippen LogP contribution in [-0.2, 0) is 33.0 Å². The number of benzene rings is 2. The van der Waals surface area contributed by atoms with Crippen molar-refractivity contribution in [3.63, 3.8) is 0 Å². The lowest BCUT2D eigenvalue weighted by Gasteiger charge is -2.28. The first-order valence-corrected chi connectivity index (χ1v) is 12.9. The highest BCUT2D eigenvalue weighted by atomic mass is 32.2. The molecular weight excluding hydrogens is 424 g/mol. The summed E-state index contributed by atoms with van der Waals surface area (Å²) >= 11 is 0. The standard InChI is InChI=1S/C21H28N2O5S2/c1-5-10-29(24,25)23-9-8-17-6-7-19(13-18(17)14-23)22-30(26,27)20-11-15(2)21(28-4)16(3)12-20/h6-7,11-13,22H,5,8-10,14H2,1-4H3. The summed E-state index contributed by atoms with van der Waals surface area (Å²) in [5, 5.41) is 0. The lowest BCUT2D eigenvalue weighted by molar-refractivity contribution is 0.391. The van der Waals surface area contributed by atoms with E-state index in [1.165, 1.54) is 4.31 Å². The molecule has 1 aliphatic heterocycles. The minimum absolute atomic E-state index is 0.116. The fourth-order valence-electron chi connectivity index (χ4n) is 3.82. The lowest BCUT2D eigenvalue weighted by Crippen LogP contribution is -2.37. The lowest BCUT2D eigenvalue weighted by atomic mass is 10.0. The third kappa shape index (κ3) is 4.63. The Balaban J connectivity index is 1.87. The summed E-state index contributed by atoms with van der Waals surface area (Å²) in [6, 6.07) is 8.46. The molecule has 2 aromatic carbocycles. The molecule has 0 fully saturated rings. The third-order valence-electron chi connectivity index (χ3n) is 5.24. The summed E-state index contributed by atoms with van der Waals surface area (Å²) in [4.78, 5) is 0.156. The first-order valence-electron chi connectivity index (χ1n) is 9.85. The number of hydrogen-bond donors (Lipinski definition) is 1. The topological polar surface area (TPSA) is 92.8 Å². The van der Waals surface area contributed by atoms with Gasteiger partial charge in [-0.2, -0.15) is 4.31 Å². The van der Waals surface area contributed by atoms with Crippen LogP contribution in [0.2, 0.25) is 0 Å². The third-order valence-corrected chi connectivity index (χ3v) is 8.62. The zero-order valence-corrected chi connectivity index (χ0v) is 19.4. The van der Waals surface area contributed by atoms with Gasteiger partial charge in [-0.25, -0.2) is 16.8 Å². The summed E-state index contributed by atoms with van der Waals surface area (Å²) in [5.41, 5.74) is 3.75. The number of anilines is 1. The van der Waals surface area contributed by atoms with Crippen LogP contribution in [0, 0.1) is 13.8 Å². The van der Waals surface area contributed by atoms with E-state index in [-0.39, 0.29) is 17.2 Å². The summed E-state index contributed by atoms with van der Waals surface area (Å²) < 4.78 is 60.1. The predicted molar refractivity (Wildman–Crippen MR) is 118 cm³/mol. The zero-order valence-electron chi connectivity index (χ0n) is 17.7. The molecule has 0 aliphatic carbocycles. The molecule has 0 atom stereocenters. The van der Waals surface area contributed by atoms with Gasteiger partial charge < -0.3 is 4.74 Å². The van der Waals surface area contributed by atoms with E-state index >= 15 is 0 Å². The molecule has 9 heteroatoms. The highest BCUT2D eigenvalue weighted by molar-refractivity contribution is 7.92. The first-order chi connectivity index (χ1) is 14.1. The summed E-state index contributed by atoms with van der Waals surface area (Å²) in [6.07, 6.45) is 1.18. The van der Waals surface area contributed by atoms with Crippen LogP contribution in [0.15, 0.2) is 35.2 Å². The van der Waals surface area contributed by atoms with Gasteiger partial charge in [0.15, 0.2) is 0 Å². The van der Waals surface area contributed by atoms with Gasteiger partial charge in [0.05, 0.1) is 17.8 Å². The Morgan fingerprint density at radius 3 is 2.30 bits per heavy atom. The Labute approximate surface area is 179 Å². The Morgan fingerprint density at radius 2 is 1.70 bits per heavy atom. The van der Waals surface area contributed by atoms with Gasteiger partial charge in [-0.05, 0) is 73.2 Å². The second kappa shape index (κ2) is 8.56. The maximum atomic E-state index is 12.9. The molecule has 1 heterocycles. The summed E-state index contributed by atoms with van der Waals surface area (Å²) in [7, 11) is -5.54. The average molecular weight is 453 g/mol. The van der Waals surface area contributed by atoms with Crippen LogP contribution in [0.3, 0.4) is 0 Å². The Kier molecular flexibility index (Phi) is 6.45. The average Bonchev–Trinajstić information content (AvgIpc) is 2.66. The molecule has 30 heavy (non-hydrogen) atoms. The predicted octanol–water partition coefficient (Wildman–Crippen LogP) is 3.21. The number of methoxy groups -OCH3 is 1. The molecule has 1 N–H and O–H groups in total. The van der Waals surface area contributed by atoms with Gasteiger partial charge in [-0.3, -0.25) is 4.72 Å². The fraction of sp³-hybridized carbons (Fsp3) is 0.429. The fourth-order valence-corrected chi connectivity index (χ4v) is 6.52. The van der Waals surface area contributed by atoms with Crippen LogP contribution in [-0.4, -0.2) is 40.5 Å². The van der Waals surface area contributed by atoms with Crippen molar-refractivity contribution in [3.8, 4) is 5.75 Å². The normalized spacial score (nSPS) is 14.9. The molecule has 0 spiro atoms. The molecule has 0 amide bonds. The van der Waals surface area contributed by atoms with Crippen LogP contribution in [0.25, 0.3) is 0 Å². The molecule has 3 rings (SSSR count). The zero-order chi connectivity index (χ0) is 22.1. The Bertz CT molecular complexity index is 1130. The number of ether oxygens (including phenoxy) is 1. The van der Waals surface area contributed by atoms with E-state index in [4.69, 9.17) is 4.74 Å². The number of fused-ring (bicyclic) bond motifs is 1. The SMILES string of the molecule is CCCS(=O)(=O)N1CCc2ccc(NS(=O)(=O)c3cc(C)c(OC)c(C)c3)cc2C1. The number of hydrogen-bond acceptors (Lipinski definition) is 5. The van der Waals surface area contributed by atoms with Gasteiger partial charge in [0.25, 0.3) is 10.0 Å². The van der Waals surface area contributed by atoms with E-state index in [9.17, 15) is 16.8 Å². The van der Waals surface area contributed by atoms with Crippen molar-refractivity contribution in [2.24, 2.45) is 0 Å². The second-order valence-corrected chi connectivity index (χ2v) is 11.3. The van der Waals surface area contributed by atoms with E-state index in [2.05, 4.69) is 4.72 Å². The van der Waals surface area contributed by atoms with E-state index in [0.29, 0.717) is 30.8 Å². The van der Waals surface area contributed by atoms with E-state index < -0.39 is 20.0 Å². The van der Waals surface area contributed by atoms with E-state index in [1.54, 1.807) is 45.2 Å². The quantitative estimate of drug-likeness (QED) is 0.696. The van der Waals surface area contributed by atoms with Crippen LogP contribution in [0.1, 0.15) is 35.6 Å². The molecule has 164 valence electrons. The molecule has 0 saturated carbocycles. The van der Waals surface area contributed by atoms with Crippen LogP contribution < -0.4 is 9.46 Å². The molecule has 7 nitrogen and oxygen atoms in total. The largest absolute Gasteiger partial charge is 0.496 e. The van der Waals surface area contributed by atoms with Gasteiger partial charge in [-0.1, -0.05) is 13.0 Å². The van der Waals surface area contributed by atoms with Crippen LogP contribution in [0.5, 0.6) is 5.75 Å². The first kappa shape index (κ1) is 22.6. The highest BCUT2D eigenvalue weighted by Gasteiger charge is 2.26. The Hall–Kier alpha value is -2.10. The van der Waals surface area contributed by atoms with Crippen molar-refractivity contribution in [3.05, 3.63) is 52.6 Å². The Morgan fingerprint density at radius 1 is 1.03 bits per heavy atom. The molecular formula is C21H28N2O5S2. The van der Waals surface area contributed by atoms with Crippen molar-refractivity contribution >= 4 is 25.7 Å². The van der Waals surface area contributed by atoms with Crippen LogP contribution in [0.4, 0.5) is 5.69 Å². The maximum Gasteiger partial charge on any atom is 0.261 e. The van der Waals surface area contributed by atoms with Gasteiger partial charge in [0, 0.05) is 18.8 Å². The molecule has 1 aliphatic rings. The molecule has 0 bridgehead atoms. The number of nitrogens with zero attached hydrogens (tertiary/aromatic N) is 1. The van der Waals surface area contributed by atoms with Crippen molar-refractivity contribution in [2.75, 3.05) is 24.1 Å². The van der Waals surface area contributed by atoms with Crippen molar-refractivity contribution in [1.82, 2.24) is 4.31 Å². The van der Waals surface area contributed by atoms with Crippen LogP contribution >= 0.6 is 0 Å². The van der Waals surface area contributed by atoms with Gasteiger partial charge >= 0.3 is 0 Å². The number of rotatable bonds is 7. The molecule has 2 aromatic rings. The molecule has 0 saturated heterocycles. The highest BCUT2D eigenvalue weighted by Crippen LogP contribution is 2.29. The molecule has 0 radical (unpaired) electrons. The monoisotopic (exact) mass is 452 g/mol. The van der Waals surface area contributed by atoms with Gasteiger partial charge in [0.2, 0.25) is 10.0 Å². The molecule has 0 aromatic heterocycles. The van der Waals surface area contributed by atoms with Gasteiger partial charge in [-0.15, -0.1) is 0 Å². The minimum atomic E-state index is -3.80. The van der Waals surface area contributed by atoms with Gasteiger partial charge in [0.1, 0.15) is 5.75 Å². The van der Waals surface area contributed by atoms with E-state index in [0.717, 1.165) is 22.3 Å². The number of aryl methyl sites for hydroxylation is 2.